The Morgan fingerprint density at radius 2 is 1.97 bits per heavy atom. The fourth-order valence-corrected chi connectivity index (χ4v) is 4.04. The van der Waals surface area contributed by atoms with Crippen LogP contribution in [0.5, 0.6) is 0 Å². The number of nitriles is 1. The van der Waals surface area contributed by atoms with Crippen molar-refractivity contribution in [2.45, 2.75) is 18.6 Å². The molecule has 6 nitrogen and oxygen atoms in total. The maximum absolute atomic E-state index is 15.1. The molecule has 8 heteroatoms. The third kappa shape index (κ3) is 3.18. The van der Waals surface area contributed by atoms with Crippen LogP contribution in [0.1, 0.15) is 32.7 Å². The molecule has 2 aliphatic rings. The highest BCUT2D eigenvalue weighted by Gasteiger charge is 2.45. The van der Waals surface area contributed by atoms with Crippen LogP contribution >= 0.6 is 0 Å². The van der Waals surface area contributed by atoms with Gasteiger partial charge in [-0.05, 0) is 18.2 Å². The Labute approximate surface area is 177 Å². The summed E-state index contributed by atoms with van der Waals surface area (Å²) in [6.45, 7) is 0.0642. The molecule has 0 radical (unpaired) electrons. The smallest absolute Gasteiger partial charge is 0.257 e. The van der Waals surface area contributed by atoms with E-state index in [0.29, 0.717) is 13.0 Å². The van der Waals surface area contributed by atoms with Gasteiger partial charge < -0.3 is 9.64 Å². The van der Waals surface area contributed by atoms with Crippen molar-refractivity contribution in [3.8, 4) is 11.8 Å². The van der Waals surface area contributed by atoms with Gasteiger partial charge in [-0.25, -0.2) is 13.5 Å². The van der Waals surface area contributed by atoms with Gasteiger partial charge in [-0.15, -0.1) is 0 Å². The predicted octanol–water partition coefficient (Wildman–Crippen LogP) is 3.28. The Kier molecular flexibility index (Phi) is 4.56. The van der Waals surface area contributed by atoms with Crippen LogP contribution in [-0.4, -0.2) is 40.3 Å². The largest absolute Gasteiger partial charge is 0.374 e. The number of carbonyl (C=O) groups excluding carboxylic acids is 1. The lowest BCUT2D eigenvalue weighted by Crippen LogP contribution is -2.45. The summed E-state index contributed by atoms with van der Waals surface area (Å²) in [6, 6.07) is 13.9. The highest BCUT2D eigenvalue weighted by Crippen LogP contribution is 2.38. The molecule has 3 heterocycles. The van der Waals surface area contributed by atoms with Gasteiger partial charge in [0.15, 0.2) is 11.5 Å². The molecule has 2 aromatic carbocycles. The normalized spacial score (nSPS) is 16.9. The van der Waals surface area contributed by atoms with Crippen molar-refractivity contribution in [2.75, 3.05) is 19.8 Å². The molecule has 0 aliphatic carbocycles. The molecule has 0 spiro atoms. The minimum atomic E-state index is -1.93. The second-order valence-corrected chi connectivity index (χ2v) is 7.78. The van der Waals surface area contributed by atoms with Crippen molar-refractivity contribution in [3.63, 3.8) is 0 Å². The molecule has 0 unspecified atom stereocenters. The minimum Gasteiger partial charge on any atom is -0.374 e. The van der Waals surface area contributed by atoms with Crippen molar-refractivity contribution < 1.29 is 18.3 Å². The topological polar surface area (TPSA) is 71.2 Å². The molecule has 0 bridgehead atoms. The Bertz CT molecular complexity index is 1210. The number of hydrogen-bond acceptors (Lipinski definition) is 4. The molecule has 1 saturated heterocycles. The molecular formula is C23H18F2N4O2. The van der Waals surface area contributed by atoms with Crippen LogP contribution in [-0.2, 0) is 23.4 Å². The van der Waals surface area contributed by atoms with Gasteiger partial charge in [0.05, 0.1) is 35.7 Å². The summed E-state index contributed by atoms with van der Waals surface area (Å²) in [6.07, 6.45) is 2.35. The zero-order valence-corrected chi connectivity index (χ0v) is 16.5. The molecule has 1 aromatic heterocycles. The van der Waals surface area contributed by atoms with E-state index in [4.69, 9.17) is 4.74 Å². The lowest BCUT2D eigenvalue weighted by atomic mass is 9.87. The fraction of sp³-hybridized carbons (Fsp3) is 0.261. The number of fused-ring (bicyclic) bond motifs is 1. The van der Waals surface area contributed by atoms with Crippen molar-refractivity contribution >= 4 is 5.91 Å². The Hall–Kier alpha value is -3.57. The molecule has 31 heavy (non-hydrogen) atoms. The molecular weight excluding hydrogens is 402 g/mol. The zero-order valence-electron chi connectivity index (χ0n) is 16.5. The highest BCUT2D eigenvalue weighted by atomic mass is 19.1. The first-order valence-corrected chi connectivity index (χ1v) is 9.92. The Morgan fingerprint density at radius 1 is 1.19 bits per heavy atom. The summed E-state index contributed by atoms with van der Waals surface area (Å²) in [7, 11) is 0. The average Bonchev–Trinajstić information content (AvgIpc) is 3.21. The third-order valence-electron chi connectivity index (χ3n) is 5.79. The van der Waals surface area contributed by atoms with Crippen LogP contribution in [0, 0.1) is 17.1 Å². The number of halogens is 2. The molecule has 2 aliphatic heterocycles. The van der Waals surface area contributed by atoms with E-state index < -0.39 is 17.4 Å². The van der Waals surface area contributed by atoms with E-state index in [9.17, 15) is 10.1 Å². The highest BCUT2D eigenvalue weighted by molar-refractivity contribution is 5.97. The van der Waals surface area contributed by atoms with E-state index in [0.717, 1.165) is 16.9 Å². The van der Waals surface area contributed by atoms with Crippen molar-refractivity contribution in [3.05, 3.63) is 82.4 Å². The number of nitrogens with zero attached hydrogens (tertiary/aromatic N) is 4. The molecule has 0 N–H and O–H groups in total. The SMILES string of the molecule is N#Cc1ccc(C2(F)COC2)c(C(=O)N2CCc3nn(-c4ccccc4)cc3C2)c1F. The van der Waals surface area contributed by atoms with E-state index >= 15 is 8.78 Å². The molecule has 3 aromatic rings. The number of para-hydroxylation sites is 1. The van der Waals surface area contributed by atoms with E-state index in [2.05, 4.69) is 5.10 Å². The number of aromatic nitrogens is 2. The third-order valence-corrected chi connectivity index (χ3v) is 5.79. The van der Waals surface area contributed by atoms with Gasteiger partial charge in [-0.1, -0.05) is 24.3 Å². The number of alkyl halides is 1. The summed E-state index contributed by atoms with van der Waals surface area (Å²) in [5, 5.41) is 13.8. The molecule has 0 saturated carbocycles. The first-order valence-electron chi connectivity index (χ1n) is 9.92. The van der Waals surface area contributed by atoms with Crippen molar-refractivity contribution in [2.24, 2.45) is 0 Å². The molecule has 1 fully saturated rings. The van der Waals surface area contributed by atoms with Gasteiger partial charge in [0.1, 0.15) is 6.07 Å². The lowest BCUT2D eigenvalue weighted by Gasteiger charge is -2.36. The molecule has 0 atom stereocenters. The van der Waals surface area contributed by atoms with E-state index in [-0.39, 0.29) is 36.4 Å². The zero-order chi connectivity index (χ0) is 21.6. The van der Waals surface area contributed by atoms with Gasteiger partial charge in [-0.3, -0.25) is 4.79 Å². The van der Waals surface area contributed by atoms with Crippen LogP contribution < -0.4 is 0 Å². The first-order chi connectivity index (χ1) is 15.0. The Balaban J connectivity index is 1.48. The standard InChI is InChI=1S/C23H18F2N4O2/c24-21-15(10-26)6-7-18(23(25)13-31-14-23)20(21)22(30)28-9-8-19-16(11-28)12-29(27-19)17-4-2-1-3-5-17/h1-7,12H,8-9,11,13-14H2. The van der Waals surface area contributed by atoms with Crippen LogP contribution in [0.2, 0.25) is 0 Å². The molecule has 5 rings (SSSR count). The monoisotopic (exact) mass is 420 g/mol. The number of amides is 1. The van der Waals surface area contributed by atoms with E-state index in [1.165, 1.54) is 17.0 Å². The number of carbonyl (C=O) groups is 1. The quantitative estimate of drug-likeness (QED) is 0.652. The summed E-state index contributed by atoms with van der Waals surface area (Å²) in [5.41, 5.74) is -0.0501. The summed E-state index contributed by atoms with van der Waals surface area (Å²) < 4.78 is 36.9. The van der Waals surface area contributed by atoms with Crippen LogP contribution in [0.3, 0.4) is 0 Å². The maximum atomic E-state index is 15.1. The van der Waals surface area contributed by atoms with Gasteiger partial charge in [-0.2, -0.15) is 10.4 Å². The van der Waals surface area contributed by atoms with Crippen LogP contribution in [0.15, 0.2) is 48.7 Å². The second kappa shape index (κ2) is 7.29. The summed E-state index contributed by atoms with van der Waals surface area (Å²) in [5.74, 6) is -1.62. The summed E-state index contributed by atoms with van der Waals surface area (Å²) in [4.78, 5) is 14.8. The number of benzene rings is 2. The van der Waals surface area contributed by atoms with E-state index in [1.54, 1.807) is 10.8 Å². The Morgan fingerprint density at radius 3 is 2.65 bits per heavy atom. The van der Waals surface area contributed by atoms with Gasteiger partial charge >= 0.3 is 0 Å². The minimum absolute atomic E-state index is 0.0639. The van der Waals surface area contributed by atoms with E-state index in [1.807, 2.05) is 36.5 Å². The predicted molar refractivity (Wildman–Crippen MR) is 107 cm³/mol. The number of rotatable bonds is 3. The number of hydrogen-bond donors (Lipinski definition) is 0. The van der Waals surface area contributed by atoms with Crippen LogP contribution in [0.25, 0.3) is 5.69 Å². The second-order valence-electron chi connectivity index (χ2n) is 7.78. The van der Waals surface area contributed by atoms with Crippen molar-refractivity contribution in [1.82, 2.24) is 14.7 Å². The van der Waals surface area contributed by atoms with Gasteiger partial charge in [0.2, 0.25) is 0 Å². The van der Waals surface area contributed by atoms with Crippen LogP contribution in [0.4, 0.5) is 8.78 Å². The van der Waals surface area contributed by atoms with Gasteiger partial charge in [0.25, 0.3) is 5.91 Å². The lowest BCUT2D eigenvalue weighted by molar-refractivity contribution is -0.135. The maximum Gasteiger partial charge on any atom is 0.257 e. The number of ether oxygens (including phenoxy) is 1. The fourth-order valence-electron chi connectivity index (χ4n) is 4.04. The summed E-state index contributed by atoms with van der Waals surface area (Å²) >= 11 is 0. The first kappa shape index (κ1) is 19.4. The molecule has 156 valence electrons. The van der Waals surface area contributed by atoms with Gasteiger partial charge in [0, 0.05) is 36.8 Å². The average molecular weight is 420 g/mol. The van der Waals surface area contributed by atoms with Crippen molar-refractivity contribution in [1.29, 1.82) is 5.26 Å². The molecule has 1 amide bonds.